The van der Waals surface area contributed by atoms with Gasteiger partial charge >= 0.3 is 0 Å². The van der Waals surface area contributed by atoms with Crippen LogP contribution in [0.5, 0.6) is 0 Å². The molecule has 2 heterocycles. The predicted octanol–water partition coefficient (Wildman–Crippen LogP) is 1.67. The molecule has 1 unspecified atom stereocenters. The summed E-state index contributed by atoms with van der Waals surface area (Å²) in [5.41, 5.74) is 1.42. The highest BCUT2D eigenvalue weighted by Crippen LogP contribution is 2.38. The number of aryl methyl sites for hydroxylation is 1. The number of aliphatic hydroxyl groups excluding tert-OH is 1. The molecule has 2 aromatic rings. The Hall–Kier alpha value is -1.13. The van der Waals surface area contributed by atoms with Gasteiger partial charge in [0.15, 0.2) is 14.1 Å². The third kappa shape index (κ3) is 2.74. The minimum atomic E-state index is -0.263. The topological polar surface area (TPSA) is 88.8 Å². The number of hydrogen-bond donors (Lipinski definition) is 2. The normalized spacial score (nSPS) is 28.5. The molecule has 0 saturated heterocycles. The molecular weight excluding hydrogens is 322 g/mol. The zero-order chi connectivity index (χ0) is 15.7. The summed E-state index contributed by atoms with van der Waals surface area (Å²) < 4.78 is 18.6. The first-order valence-corrected chi connectivity index (χ1v) is 8.40. The van der Waals surface area contributed by atoms with Crippen molar-refractivity contribution in [2.24, 2.45) is 5.92 Å². The van der Waals surface area contributed by atoms with Gasteiger partial charge in [0.25, 0.3) is 0 Å². The molecule has 0 aromatic carbocycles. The number of aliphatic hydroxyl groups is 1. The lowest BCUT2D eigenvalue weighted by atomic mass is 10.1. The highest BCUT2D eigenvalue weighted by molar-refractivity contribution is 7.25. The van der Waals surface area contributed by atoms with Crippen LogP contribution in [-0.2, 0) is 9.09 Å². The van der Waals surface area contributed by atoms with Crippen molar-refractivity contribution < 1.29 is 14.2 Å². The maximum absolute atomic E-state index is 11.4. The second kappa shape index (κ2) is 6.55. The monoisotopic (exact) mass is 340 g/mol. The lowest BCUT2D eigenvalue weighted by Gasteiger charge is -2.22. The largest absolute Gasteiger partial charge is 0.396 e. The van der Waals surface area contributed by atoms with Gasteiger partial charge in [-0.3, -0.25) is 4.57 Å². The molecule has 7 nitrogen and oxygen atoms in total. The van der Waals surface area contributed by atoms with Crippen LogP contribution < -0.4 is 5.32 Å². The van der Waals surface area contributed by atoms with Gasteiger partial charge in [0.05, 0.1) is 23.5 Å². The molecular formula is C13H18N4O3P2. The molecule has 2 N–H and O–H groups in total. The molecule has 1 aliphatic rings. The summed E-state index contributed by atoms with van der Waals surface area (Å²) in [6, 6.07) is 3.69. The molecule has 0 spiro atoms. The van der Waals surface area contributed by atoms with Crippen LogP contribution in [-0.4, -0.2) is 44.1 Å². The number of nitrogens with one attached hydrogen (secondary N) is 1. The number of hydrogen-bond acceptors (Lipinski definition) is 6. The minimum Gasteiger partial charge on any atom is -0.396 e. The standard InChI is InChI=1S/C13H18N4O3P2/c1-7-4-11-14-3-2-10(17(11)16-7)15-9-5-8(6-18)13(22-19)12(9)20-21/h2-4,8-9,12-13,15,18H,5-6,21H2,1H3/t8-,9-,12+,13-/m1/s1. The van der Waals surface area contributed by atoms with Gasteiger partial charge in [0, 0.05) is 34.3 Å². The van der Waals surface area contributed by atoms with Crippen molar-refractivity contribution in [1.82, 2.24) is 14.6 Å². The Morgan fingerprint density at radius 2 is 2.45 bits per heavy atom. The summed E-state index contributed by atoms with van der Waals surface area (Å²) in [7, 11) is 2.23. The summed E-state index contributed by atoms with van der Waals surface area (Å²) in [4.78, 5) is 4.27. The van der Waals surface area contributed by atoms with Crippen LogP contribution in [0.15, 0.2) is 18.3 Å². The van der Waals surface area contributed by atoms with Gasteiger partial charge in [0.1, 0.15) is 5.82 Å². The first-order valence-electron chi connectivity index (χ1n) is 7.04. The Kier molecular flexibility index (Phi) is 4.69. The summed E-state index contributed by atoms with van der Waals surface area (Å²) in [5.74, 6) is 0.744. The SMILES string of the molecule is Cc1cc2nccc(N[C@@H]3C[C@H](CO)[C@@H](P=O)[C@H]3OP)n2n1. The van der Waals surface area contributed by atoms with E-state index in [9.17, 15) is 9.67 Å². The molecule has 0 aliphatic heterocycles. The van der Waals surface area contributed by atoms with Gasteiger partial charge in [0.2, 0.25) is 0 Å². The van der Waals surface area contributed by atoms with Crippen LogP contribution in [0.1, 0.15) is 12.1 Å². The van der Waals surface area contributed by atoms with Crippen molar-refractivity contribution in [3.63, 3.8) is 0 Å². The molecule has 1 saturated carbocycles. The lowest BCUT2D eigenvalue weighted by molar-refractivity contribution is 0.204. The fraction of sp³-hybridized carbons (Fsp3) is 0.538. The molecule has 0 amide bonds. The molecule has 0 radical (unpaired) electrons. The molecule has 9 heteroatoms. The van der Waals surface area contributed by atoms with E-state index in [1.165, 1.54) is 0 Å². The van der Waals surface area contributed by atoms with E-state index in [-0.39, 0.29) is 38.8 Å². The highest BCUT2D eigenvalue weighted by atomic mass is 31.1. The first-order chi connectivity index (χ1) is 10.7. The molecule has 118 valence electrons. The molecule has 22 heavy (non-hydrogen) atoms. The number of aromatic nitrogens is 3. The second-order valence-electron chi connectivity index (χ2n) is 5.51. The van der Waals surface area contributed by atoms with Gasteiger partial charge in [-0.25, -0.2) is 4.98 Å². The van der Waals surface area contributed by atoms with Crippen molar-refractivity contribution in [2.45, 2.75) is 31.1 Å². The molecule has 3 rings (SSSR count). The van der Waals surface area contributed by atoms with Gasteiger partial charge in [-0.1, -0.05) is 0 Å². The van der Waals surface area contributed by atoms with Crippen LogP contribution in [0.4, 0.5) is 5.82 Å². The Morgan fingerprint density at radius 3 is 3.14 bits per heavy atom. The zero-order valence-electron chi connectivity index (χ0n) is 12.1. The van der Waals surface area contributed by atoms with Gasteiger partial charge in [-0.2, -0.15) is 9.61 Å². The third-order valence-electron chi connectivity index (χ3n) is 4.10. The van der Waals surface area contributed by atoms with E-state index in [4.69, 9.17) is 4.52 Å². The molecule has 0 bridgehead atoms. The van der Waals surface area contributed by atoms with Gasteiger partial charge < -0.3 is 14.9 Å². The summed E-state index contributed by atoms with van der Waals surface area (Å²) in [5, 5.41) is 17.3. The second-order valence-corrected chi connectivity index (χ2v) is 6.59. The Morgan fingerprint density at radius 1 is 1.64 bits per heavy atom. The fourth-order valence-corrected chi connectivity index (χ4v) is 4.34. The highest BCUT2D eigenvalue weighted by Gasteiger charge is 2.44. The van der Waals surface area contributed by atoms with Crippen molar-refractivity contribution in [3.05, 3.63) is 24.0 Å². The summed E-state index contributed by atoms with van der Waals surface area (Å²) >= 11 is 0. The fourth-order valence-electron chi connectivity index (χ4n) is 3.06. The van der Waals surface area contributed by atoms with E-state index in [1.54, 1.807) is 10.7 Å². The van der Waals surface area contributed by atoms with E-state index in [1.807, 2.05) is 19.1 Å². The average molecular weight is 340 g/mol. The third-order valence-corrected chi connectivity index (χ3v) is 5.37. The van der Waals surface area contributed by atoms with Crippen molar-refractivity contribution in [3.8, 4) is 0 Å². The lowest BCUT2D eigenvalue weighted by Crippen LogP contribution is -2.34. The average Bonchev–Trinajstić information content (AvgIpc) is 3.06. The molecule has 1 aliphatic carbocycles. The quantitative estimate of drug-likeness (QED) is 0.805. The van der Waals surface area contributed by atoms with Crippen LogP contribution in [0.2, 0.25) is 0 Å². The van der Waals surface area contributed by atoms with E-state index in [2.05, 4.69) is 24.9 Å². The molecule has 5 atom stereocenters. The predicted molar refractivity (Wildman–Crippen MR) is 86.3 cm³/mol. The maximum atomic E-state index is 11.4. The van der Waals surface area contributed by atoms with E-state index >= 15 is 0 Å². The summed E-state index contributed by atoms with van der Waals surface area (Å²) in [6.07, 6.45) is 2.14. The molecule has 2 aromatic heterocycles. The van der Waals surface area contributed by atoms with Gasteiger partial charge in [-0.05, 0) is 19.4 Å². The number of anilines is 1. The number of nitrogens with zero attached hydrogens (tertiary/aromatic N) is 3. The van der Waals surface area contributed by atoms with Crippen molar-refractivity contribution in [1.29, 1.82) is 0 Å². The smallest absolute Gasteiger partial charge is 0.161 e. The van der Waals surface area contributed by atoms with Crippen LogP contribution in [0, 0.1) is 12.8 Å². The number of rotatable bonds is 5. The van der Waals surface area contributed by atoms with E-state index in [0.717, 1.165) is 17.2 Å². The summed E-state index contributed by atoms with van der Waals surface area (Å²) in [6.45, 7) is 1.91. The first kappa shape index (κ1) is 15.8. The minimum absolute atomic E-state index is 0.00433. The van der Waals surface area contributed by atoms with Crippen molar-refractivity contribution >= 4 is 29.4 Å². The Balaban J connectivity index is 1.89. The maximum Gasteiger partial charge on any atom is 0.161 e. The van der Waals surface area contributed by atoms with Gasteiger partial charge in [-0.15, -0.1) is 0 Å². The van der Waals surface area contributed by atoms with E-state index in [0.29, 0.717) is 6.42 Å². The van der Waals surface area contributed by atoms with Crippen molar-refractivity contribution in [2.75, 3.05) is 11.9 Å². The van der Waals surface area contributed by atoms with E-state index < -0.39 is 0 Å². The zero-order valence-corrected chi connectivity index (χ0v) is 14.1. The molecule has 1 fully saturated rings. The van der Waals surface area contributed by atoms with Crippen LogP contribution >= 0.6 is 17.9 Å². The Bertz CT molecular complexity index is 680. The van der Waals surface area contributed by atoms with Crippen LogP contribution in [0.3, 0.4) is 0 Å². The van der Waals surface area contributed by atoms with Crippen LogP contribution in [0.25, 0.3) is 5.65 Å². The number of fused-ring (bicyclic) bond motifs is 1. The Labute approximate surface area is 132 Å².